The van der Waals surface area contributed by atoms with Crippen molar-refractivity contribution in [3.63, 3.8) is 0 Å². The molecular weight excluding hydrogens is 291 g/mol. The molecule has 2 N–H and O–H groups in total. The zero-order valence-electron chi connectivity index (χ0n) is 12.1. The van der Waals surface area contributed by atoms with Crippen molar-refractivity contribution in [1.29, 1.82) is 0 Å². The molecule has 6 heteroatoms. The van der Waals surface area contributed by atoms with Crippen LogP contribution in [-0.2, 0) is 6.42 Å². The van der Waals surface area contributed by atoms with Gasteiger partial charge in [0.1, 0.15) is 23.3 Å². The summed E-state index contributed by atoms with van der Waals surface area (Å²) in [5.41, 5.74) is 0.486. The molecule has 1 aromatic heterocycles. The lowest BCUT2D eigenvalue weighted by molar-refractivity contribution is 0.628. The SMILES string of the molecule is CCCc1nc(NCC)cc(Nc2cc(F)ccc2Cl)n1. The fourth-order valence-corrected chi connectivity index (χ4v) is 2.06. The van der Waals surface area contributed by atoms with Crippen LogP contribution in [0.5, 0.6) is 0 Å². The first-order valence-corrected chi connectivity index (χ1v) is 7.34. The molecule has 2 rings (SSSR count). The zero-order valence-corrected chi connectivity index (χ0v) is 12.8. The standard InChI is InChI=1S/C15H18ClFN4/c1-3-5-13-20-14(18-4-2)9-15(21-13)19-12-8-10(17)6-7-11(12)16/h6-9H,3-5H2,1-2H3,(H2,18,19,20,21). The summed E-state index contributed by atoms with van der Waals surface area (Å²) >= 11 is 6.06. The van der Waals surface area contributed by atoms with Crippen molar-refractivity contribution in [1.82, 2.24) is 9.97 Å². The van der Waals surface area contributed by atoms with Gasteiger partial charge >= 0.3 is 0 Å². The molecule has 0 unspecified atom stereocenters. The van der Waals surface area contributed by atoms with E-state index >= 15 is 0 Å². The maximum atomic E-state index is 13.3. The van der Waals surface area contributed by atoms with Crippen LogP contribution in [0.25, 0.3) is 0 Å². The molecule has 2 aromatic rings. The third kappa shape index (κ3) is 4.29. The van der Waals surface area contributed by atoms with Gasteiger partial charge in [0, 0.05) is 19.0 Å². The summed E-state index contributed by atoms with van der Waals surface area (Å²) < 4.78 is 13.3. The Labute approximate surface area is 128 Å². The van der Waals surface area contributed by atoms with Gasteiger partial charge in [0.05, 0.1) is 10.7 Å². The molecule has 21 heavy (non-hydrogen) atoms. The van der Waals surface area contributed by atoms with E-state index in [9.17, 15) is 4.39 Å². The summed E-state index contributed by atoms with van der Waals surface area (Å²) in [6.45, 7) is 4.83. The second-order valence-electron chi connectivity index (χ2n) is 4.58. The van der Waals surface area contributed by atoms with Crippen molar-refractivity contribution in [3.05, 3.63) is 40.9 Å². The van der Waals surface area contributed by atoms with E-state index < -0.39 is 0 Å². The van der Waals surface area contributed by atoms with Gasteiger partial charge in [-0.05, 0) is 31.5 Å². The van der Waals surface area contributed by atoms with E-state index in [1.807, 2.05) is 6.92 Å². The smallest absolute Gasteiger partial charge is 0.136 e. The molecule has 0 radical (unpaired) electrons. The molecule has 0 aliphatic carbocycles. The highest BCUT2D eigenvalue weighted by Crippen LogP contribution is 2.26. The van der Waals surface area contributed by atoms with Crippen LogP contribution in [0.4, 0.5) is 21.7 Å². The maximum Gasteiger partial charge on any atom is 0.136 e. The van der Waals surface area contributed by atoms with Crippen LogP contribution in [0.3, 0.4) is 0 Å². The van der Waals surface area contributed by atoms with E-state index in [0.717, 1.165) is 31.0 Å². The van der Waals surface area contributed by atoms with Gasteiger partial charge in [0.2, 0.25) is 0 Å². The van der Waals surface area contributed by atoms with E-state index in [1.165, 1.54) is 18.2 Å². The van der Waals surface area contributed by atoms with Crippen LogP contribution in [0.1, 0.15) is 26.1 Å². The number of hydrogen-bond donors (Lipinski definition) is 2. The number of anilines is 3. The lowest BCUT2D eigenvalue weighted by atomic mass is 10.3. The average molecular weight is 309 g/mol. The van der Waals surface area contributed by atoms with Crippen molar-refractivity contribution < 1.29 is 4.39 Å². The molecule has 0 atom stereocenters. The molecule has 0 aliphatic rings. The van der Waals surface area contributed by atoms with Crippen molar-refractivity contribution in [2.75, 3.05) is 17.2 Å². The molecule has 1 aromatic carbocycles. The Kier molecular flexibility index (Phi) is 5.33. The van der Waals surface area contributed by atoms with Gasteiger partial charge in [0.25, 0.3) is 0 Å². The number of aromatic nitrogens is 2. The summed E-state index contributed by atoms with van der Waals surface area (Å²) in [6.07, 6.45) is 1.74. The van der Waals surface area contributed by atoms with Crippen LogP contribution < -0.4 is 10.6 Å². The van der Waals surface area contributed by atoms with Gasteiger partial charge in [-0.25, -0.2) is 14.4 Å². The van der Waals surface area contributed by atoms with Gasteiger partial charge in [-0.1, -0.05) is 18.5 Å². The van der Waals surface area contributed by atoms with Gasteiger partial charge in [0.15, 0.2) is 0 Å². The highest BCUT2D eigenvalue weighted by molar-refractivity contribution is 6.33. The van der Waals surface area contributed by atoms with E-state index in [0.29, 0.717) is 16.5 Å². The van der Waals surface area contributed by atoms with E-state index in [1.54, 1.807) is 6.07 Å². The molecule has 0 amide bonds. The van der Waals surface area contributed by atoms with Crippen molar-refractivity contribution in [2.24, 2.45) is 0 Å². The predicted octanol–water partition coefficient (Wildman–Crippen LogP) is 4.40. The predicted molar refractivity (Wildman–Crippen MR) is 84.9 cm³/mol. The summed E-state index contributed by atoms with van der Waals surface area (Å²) in [6, 6.07) is 5.96. The van der Waals surface area contributed by atoms with Gasteiger partial charge in [-0.2, -0.15) is 0 Å². The normalized spacial score (nSPS) is 10.5. The van der Waals surface area contributed by atoms with E-state index in [2.05, 4.69) is 27.5 Å². The first kappa shape index (κ1) is 15.5. The number of rotatable bonds is 6. The molecular formula is C15H18ClFN4. The first-order chi connectivity index (χ1) is 10.1. The number of benzene rings is 1. The zero-order chi connectivity index (χ0) is 15.2. The molecule has 1 heterocycles. The number of hydrogen-bond acceptors (Lipinski definition) is 4. The van der Waals surface area contributed by atoms with Crippen LogP contribution in [0.15, 0.2) is 24.3 Å². The Balaban J connectivity index is 2.31. The van der Waals surface area contributed by atoms with Crippen LogP contribution >= 0.6 is 11.6 Å². The van der Waals surface area contributed by atoms with Crippen molar-refractivity contribution in [3.8, 4) is 0 Å². The minimum absolute atomic E-state index is 0.350. The molecule has 0 fully saturated rings. The summed E-state index contributed by atoms with van der Waals surface area (Å²) in [4.78, 5) is 8.85. The third-order valence-electron chi connectivity index (χ3n) is 2.80. The van der Waals surface area contributed by atoms with E-state index in [4.69, 9.17) is 11.6 Å². The van der Waals surface area contributed by atoms with Crippen LogP contribution in [0.2, 0.25) is 5.02 Å². The third-order valence-corrected chi connectivity index (χ3v) is 3.12. The van der Waals surface area contributed by atoms with Crippen LogP contribution in [-0.4, -0.2) is 16.5 Å². The highest BCUT2D eigenvalue weighted by atomic mass is 35.5. The Morgan fingerprint density at radius 2 is 1.90 bits per heavy atom. The van der Waals surface area contributed by atoms with Crippen molar-refractivity contribution in [2.45, 2.75) is 26.7 Å². The first-order valence-electron chi connectivity index (χ1n) is 6.96. The molecule has 0 saturated heterocycles. The molecule has 0 spiro atoms. The summed E-state index contributed by atoms with van der Waals surface area (Å²) in [5.74, 6) is 1.73. The Morgan fingerprint density at radius 3 is 2.62 bits per heavy atom. The Morgan fingerprint density at radius 1 is 1.14 bits per heavy atom. The summed E-state index contributed by atoms with van der Waals surface area (Å²) in [5, 5.41) is 6.65. The Hall–Kier alpha value is -1.88. The fraction of sp³-hybridized carbons (Fsp3) is 0.333. The van der Waals surface area contributed by atoms with Crippen molar-refractivity contribution >= 4 is 28.9 Å². The number of nitrogens with one attached hydrogen (secondary N) is 2. The Bertz CT molecular complexity index is 594. The number of aryl methyl sites for hydroxylation is 1. The lowest BCUT2D eigenvalue weighted by Crippen LogP contribution is -2.06. The second-order valence-corrected chi connectivity index (χ2v) is 4.99. The molecule has 112 valence electrons. The van der Waals surface area contributed by atoms with Crippen LogP contribution in [0, 0.1) is 5.82 Å². The quantitative estimate of drug-likeness (QED) is 0.830. The maximum absolute atomic E-state index is 13.3. The molecule has 0 saturated carbocycles. The molecule has 0 aliphatic heterocycles. The highest BCUT2D eigenvalue weighted by Gasteiger charge is 2.07. The summed E-state index contributed by atoms with van der Waals surface area (Å²) in [7, 11) is 0. The lowest BCUT2D eigenvalue weighted by Gasteiger charge is -2.11. The largest absolute Gasteiger partial charge is 0.370 e. The minimum atomic E-state index is -0.350. The van der Waals surface area contributed by atoms with Gasteiger partial charge in [-0.15, -0.1) is 0 Å². The topological polar surface area (TPSA) is 49.8 Å². The average Bonchev–Trinajstić information content (AvgIpc) is 2.43. The minimum Gasteiger partial charge on any atom is -0.370 e. The second kappa shape index (κ2) is 7.22. The number of halogens is 2. The van der Waals surface area contributed by atoms with Gasteiger partial charge < -0.3 is 10.6 Å². The monoisotopic (exact) mass is 308 g/mol. The number of nitrogens with zero attached hydrogens (tertiary/aromatic N) is 2. The molecule has 4 nitrogen and oxygen atoms in total. The fourth-order valence-electron chi connectivity index (χ4n) is 1.90. The molecule has 0 bridgehead atoms. The van der Waals surface area contributed by atoms with E-state index in [-0.39, 0.29) is 5.82 Å². The van der Waals surface area contributed by atoms with Gasteiger partial charge in [-0.3, -0.25) is 0 Å².